The number of para-hydroxylation sites is 2. The van der Waals surface area contributed by atoms with Crippen molar-refractivity contribution in [2.24, 2.45) is 0 Å². The third-order valence-corrected chi connectivity index (χ3v) is 11.8. The zero-order chi connectivity index (χ0) is 36.3. The van der Waals surface area contributed by atoms with Gasteiger partial charge in [-0.2, -0.15) is 4.80 Å². The van der Waals surface area contributed by atoms with Crippen molar-refractivity contribution in [3.8, 4) is 27.9 Å². The van der Waals surface area contributed by atoms with E-state index in [1.807, 2.05) is 41.7 Å². The molecule has 0 unspecified atom stereocenters. The van der Waals surface area contributed by atoms with Gasteiger partial charge in [0.1, 0.15) is 11.0 Å². The lowest BCUT2D eigenvalue weighted by molar-refractivity contribution is 0.766. The molecule has 0 spiro atoms. The number of benzene rings is 9. The number of anilines is 3. The Bertz CT molecular complexity index is 3220. The van der Waals surface area contributed by atoms with Crippen molar-refractivity contribution >= 4 is 81.1 Å². The van der Waals surface area contributed by atoms with E-state index in [0.29, 0.717) is 0 Å². The lowest BCUT2D eigenvalue weighted by atomic mass is 9.93. The van der Waals surface area contributed by atoms with Crippen LogP contribution in [-0.4, -0.2) is 15.0 Å². The van der Waals surface area contributed by atoms with Gasteiger partial charge in [-0.15, -0.1) is 21.5 Å². The molecule has 9 aromatic carbocycles. The van der Waals surface area contributed by atoms with Crippen LogP contribution >= 0.6 is 11.3 Å². The summed E-state index contributed by atoms with van der Waals surface area (Å²) in [5, 5.41) is 17.1. The van der Waals surface area contributed by atoms with Crippen LogP contribution in [0.15, 0.2) is 194 Å². The molecule has 2 heterocycles. The smallest absolute Gasteiger partial charge is 0.122 e. The van der Waals surface area contributed by atoms with Gasteiger partial charge in [-0.1, -0.05) is 140 Å². The minimum atomic E-state index is 0.865. The normalized spacial score (nSPS) is 11.6. The van der Waals surface area contributed by atoms with E-state index in [9.17, 15) is 0 Å². The molecule has 11 aromatic rings. The Morgan fingerprint density at radius 2 is 1.07 bits per heavy atom. The van der Waals surface area contributed by atoms with Gasteiger partial charge in [0.25, 0.3) is 0 Å². The van der Waals surface area contributed by atoms with Crippen LogP contribution in [0.2, 0.25) is 0 Å². The van der Waals surface area contributed by atoms with E-state index in [1.165, 1.54) is 36.9 Å². The van der Waals surface area contributed by atoms with Crippen molar-refractivity contribution in [1.29, 1.82) is 0 Å². The lowest BCUT2D eigenvalue weighted by Gasteiger charge is -2.29. The Morgan fingerprint density at radius 1 is 0.436 bits per heavy atom. The second kappa shape index (κ2) is 12.8. The number of rotatable bonds is 6. The summed E-state index contributed by atoms with van der Waals surface area (Å²) >= 11 is 1.85. The van der Waals surface area contributed by atoms with Crippen LogP contribution in [0.4, 0.5) is 17.1 Å². The molecule has 4 nitrogen and oxygen atoms in total. The number of hydrogen-bond donors (Lipinski definition) is 0. The summed E-state index contributed by atoms with van der Waals surface area (Å²) in [5.41, 5.74) is 10.7. The highest BCUT2D eigenvalue weighted by molar-refractivity contribution is 7.25. The van der Waals surface area contributed by atoms with E-state index in [0.717, 1.165) is 60.9 Å². The van der Waals surface area contributed by atoms with Crippen LogP contribution in [0.1, 0.15) is 0 Å². The molecule has 5 heteroatoms. The van der Waals surface area contributed by atoms with E-state index in [4.69, 9.17) is 10.2 Å². The van der Waals surface area contributed by atoms with Gasteiger partial charge in [-0.3, -0.25) is 0 Å². The third kappa shape index (κ3) is 5.28. The monoisotopic (exact) mass is 720 g/mol. The third-order valence-electron chi connectivity index (χ3n) is 10.6. The maximum Gasteiger partial charge on any atom is 0.122 e. The van der Waals surface area contributed by atoms with Gasteiger partial charge in [0.2, 0.25) is 0 Å². The summed E-state index contributed by atoms with van der Waals surface area (Å²) in [4.78, 5) is 4.18. The Hall–Kier alpha value is -7.08. The minimum Gasteiger partial charge on any atom is -0.310 e. The summed E-state index contributed by atoms with van der Waals surface area (Å²) in [7, 11) is 0. The standard InChI is InChI=1S/C50H32N4S/c1-3-13-33(14-4-1)39-17-7-8-18-40(39)41-19-9-11-21-46(41)53(38-28-29-43-42-20-10-12-22-47(42)55-48(43)32-38)37-27-25-34-23-24-35-26-30-45-50(49(35)44(34)31-37)52-54(51-45)36-15-5-2-6-16-36/h1-32H. The SMILES string of the molecule is c1ccc(-c2ccccc2-c2ccccc2N(c2ccc3c(c2)sc2ccccc23)c2ccc3ccc4ccc5nn(-c6ccccc6)nc5c4c3c2)cc1. The highest BCUT2D eigenvalue weighted by atomic mass is 32.1. The summed E-state index contributed by atoms with van der Waals surface area (Å²) in [6, 6.07) is 69.5. The van der Waals surface area contributed by atoms with Gasteiger partial charge in [-0.25, -0.2) is 0 Å². The Morgan fingerprint density at radius 3 is 1.95 bits per heavy atom. The molecule has 0 bridgehead atoms. The maximum atomic E-state index is 5.09. The summed E-state index contributed by atoms with van der Waals surface area (Å²) < 4.78 is 2.56. The van der Waals surface area contributed by atoms with Gasteiger partial charge in [0.05, 0.1) is 11.4 Å². The lowest BCUT2D eigenvalue weighted by Crippen LogP contribution is -2.11. The number of hydrogen-bond acceptors (Lipinski definition) is 4. The predicted molar refractivity (Wildman–Crippen MR) is 232 cm³/mol. The highest BCUT2D eigenvalue weighted by Crippen LogP contribution is 2.46. The Kier molecular flexibility index (Phi) is 7.32. The van der Waals surface area contributed by atoms with Crippen molar-refractivity contribution in [2.45, 2.75) is 0 Å². The first-order valence-electron chi connectivity index (χ1n) is 18.5. The van der Waals surface area contributed by atoms with E-state index in [-0.39, 0.29) is 0 Å². The van der Waals surface area contributed by atoms with Crippen molar-refractivity contribution in [3.05, 3.63) is 194 Å². The van der Waals surface area contributed by atoms with Crippen LogP contribution < -0.4 is 4.90 Å². The zero-order valence-electron chi connectivity index (χ0n) is 29.7. The first-order chi connectivity index (χ1) is 27.3. The molecule has 0 radical (unpaired) electrons. The van der Waals surface area contributed by atoms with Crippen molar-refractivity contribution in [2.75, 3.05) is 4.90 Å². The number of fused-ring (bicyclic) bond motifs is 8. The van der Waals surface area contributed by atoms with Gasteiger partial charge in [0, 0.05) is 42.5 Å². The fourth-order valence-corrected chi connectivity index (χ4v) is 9.22. The van der Waals surface area contributed by atoms with Crippen LogP contribution in [0.25, 0.3) is 80.7 Å². The molecule has 0 atom stereocenters. The summed E-state index contributed by atoms with van der Waals surface area (Å²) in [6.07, 6.45) is 0. The van der Waals surface area contributed by atoms with Crippen LogP contribution in [0.3, 0.4) is 0 Å². The first kappa shape index (κ1) is 31.4. The topological polar surface area (TPSA) is 34.0 Å². The molecule has 2 aromatic heterocycles. The second-order valence-corrected chi connectivity index (χ2v) is 15.0. The van der Waals surface area contributed by atoms with Crippen molar-refractivity contribution in [3.63, 3.8) is 0 Å². The Labute approximate surface area is 321 Å². The first-order valence-corrected chi connectivity index (χ1v) is 19.3. The number of thiophene rings is 1. The van der Waals surface area contributed by atoms with Crippen molar-refractivity contribution in [1.82, 2.24) is 15.0 Å². The average Bonchev–Trinajstić information content (AvgIpc) is 3.86. The number of nitrogens with zero attached hydrogens (tertiary/aromatic N) is 4. The molecule has 0 N–H and O–H groups in total. The molecule has 0 amide bonds. The van der Waals surface area contributed by atoms with Gasteiger partial charge in [-0.05, 0) is 87.4 Å². The second-order valence-electron chi connectivity index (χ2n) is 13.9. The van der Waals surface area contributed by atoms with Crippen LogP contribution in [-0.2, 0) is 0 Å². The zero-order valence-corrected chi connectivity index (χ0v) is 30.5. The molecule has 0 saturated carbocycles. The number of aromatic nitrogens is 3. The fourth-order valence-electron chi connectivity index (χ4n) is 8.09. The molecule has 0 aliphatic heterocycles. The predicted octanol–water partition coefficient (Wildman–Crippen LogP) is 13.9. The minimum absolute atomic E-state index is 0.865. The molecule has 0 fully saturated rings. The van der Waals surface area contributed by atoms with Gasteiger partial charge < -0.3 is 4.90 Å². The van der Waals surface area contributed by atoms with E-state index in [1.54, 1.807) is 4.80 Å². The molecular formula is C50H32N4S. The molecule has 55 heavy (non-hydrogen) atoms. The van der Waals surface area contributed by atoms with Crippen LogP contribution in [0, 0.1) is 0 Å². The Balaban J connectivity index is 1.17. The molecule has 0 aliphatic rings. The molecule has 0 aliphatic carbocycles. The quantitative estimate of drug-likeness (QED) is 0.160. The van der Waals surface area contributed by atoms with E-state index >= 15 is 0 Å². The van der Waals surface area contributed by atoms with E-state index in [2.05, 4.69) is 169 Å². The summed E-state index contributed by atoms with van der Waals surface area (Å²) in [6.45, 7) is 0. The summed E-state index contributed by atoms with van der Waals surface area (Å²) in [5.74, 6) is 0. The van der Waals surface area contributed by atoms with Gasteiger partial charge in [0.15, 0.2) is 0 Å². The molecule has 0 saturated heterocycles. The fraction of sp³-hybridized carbons (Fsp3) is 0. The van der Waals surface area contributed by atoms with Crippen molar-refractivity contribution < 1.29 is 0 Å². The maximum absolute atomic E-state index is 5.09. The van der Waals surface area contributed by atoms with E-state index < -0.39 is 0 Å². The molecular weight excluding hydrogens is 689 g/mol. The van der Waals surface area contributed by atoms with Gasteiger partial charge >= 0.3 is 0 Å². The highest BCUT2D eigenvalue weighted by Gasteiger charge is 2.21. The largest absolute Gasteiger partial charge is 0.310 e. The molecule has 11 rings (SSSR count). The molecule has 258 valence electrons. The average molecular weight is 721 g/mol. The van der Waals surface area contributed by atoms with Crippen LogP contribution in [0.5, 0.6) is 0 Å².